The van der Waals surface area contributed by atoms with Crippen molar-refractivity contribution in [3.63, 3.8) is 0 Å². The molecule has 1 saturated heterocycles. The van der Waals surface area contributed by atoms with E-state index < -0.39 is 0 Å². The smallest absolute Gasteiger partial charge is 0.225 e. The van der Waals surface area contributed by atoms with E-state index >= 15 is 0 Å². The SMILES string of the molecule is CN(C)C1(CC(=O)N2CCn3c(c(-c4cn[nH]c4)c4ccc(Cl)c(Cl)c43)C2)COC1. The van der Waals surface area contributed by atoms with Gasteiger partial charge in [-0.1, -0.05) is 29.3 Å². The quantitative estimate of drug-likeness (QED) is 0.665. The number of amides is 1. The van der Waals surface area contributed by atoms with Gasteiger partial charge in [0.1, 0.15) is 0 Å². The van der Waals surface area contributed by atoms with Crippen LogP contribution in [-0.2, 0) is 22.6 Å². The normalized spacial score (nSPS) is 18.0. The van der Waals surface area contributed by atoms with Crippen LogP contribution in [-0.4, -0.2) is 69.9 Å². The maximum absolute atomic E-state index is 13.2. The van der Waals surface area contributed by atoms with Crippen molar-refractivity contribution in [2.45, 2.75) is 25.0 Å². The fourth-order valence-electron chi connectivity index (χ4n) is 4.49. The second kappa shape index (κ2) is 7.27. The molecule has 1 amide bonds. The summed E-state index contributed by atoms with van der Waals surface area (Å²) in [5, 5.41) is 9.10. The van der Waals surface area contributed by atoms with Crippen LogP contribution in [0.3, 0.4) is 0 Å². The molecule has 0 aliphatic carbocycles. The summed E-state index contributed by atoms with van der Waals surface area (Å²) < 4.78 is 7.62. The average molecular weight is 448 g/mol. The lowest BCUT2D eigenvalue weighted by atomic mass is 9.90. The van der Waals surface area contributed by atoms with Gasteiger partial charge < -0.3 is 14.2 Å². The zero-order valence-electron chi connectivity index (χ0n) is 16.9. The number of hydrogen-bond donors (Lipinski definition) is 1. The minimum atomic E-state index is -0.203. The molecule has 9 heteroatoms. The second-order valence-corrected chi connectivity index (χ2v) is 9.11. The van der Waals surface area contributed by atoms with E-state index in [0.29, 0.717) is 49.3 Å². The molecule has 1 N–H and O–H groups in total. The molecule has 158 valence electrons. The number of aromatic nitrogens is 3. The van der Waals surface area contributed by atoms with Crippen LogP contribution in [0.5, 0.6) is 0 Å². The molecule has 0 unspecified atom stereocenters. The number of nitrogens with zero attached hydrogens (tertiary/aromatic N) is 4. The van der Waals surface area contributed by atoms with Crippen LogP contribution in [0.15, 0.2) is 24.5 Å². The van der Waals surface area contributed by atoms with Crippen molar-refractivity contribution in [3.8, 4) is 11.1 Å². The number of H-pyrrole nitrogens is 1. The number of nitrogens with one attached hydrogen (secondary N) is 1. The maximum Gasteiger partial charge on any atom is 0.225 e. The predicted octanol–water partition coefficient (Wildman–Crippen LogP) is 3.40. The van der Waals surface area contributed by atoms with Crippen LogP contribution < -0.4 is 0 Å². The van der Waals surface area contributed by atoms with Crippen molar-refractivity contribution in [2.75, 3.05) is 33.9 Å². The Morgan fingerprint density at radius 2 is 2.10 bits per heavy atom. The van der Waals surface area contributed by atoms with Gasteiger partial charge in [-0.05, 0) is 20.2 Å². The van der Waals surface area contributed by atoms with Crippen molar-refractivity contribution in [1.29, 1.82) is 0 Å². The van der Waals surface area contributed by atoms with Gasteiger partial charge in [-0.3, -0.25) is 14.8 Å². The summed E-state index contributed by atoms with van der Waals surface area (Å²) in [6.07, 6.45) is 4.12. The third kappa shape index (κ3) is 2.95. The summed E-state index contributed by atoms with van der Waals surface area (Å²) in [4.78, 5) is 17.3. The first-order chi connectivity index (χ1) is 14.4. The number of halogens is 2. The van der Waals surface area contributed by atoms with Gasteiger partial charge >= 0.3 is 0 Å². The molecule has 0 spiro atoms. The van der Waals surface area contributed by atoms with E-state index in [9.17, 15) is 4.79 Å². The van der Waals surface area contributed by atoms with E-state index in [0.717, 1.165) is 27.7 Å². The van der Waals surface area contributed by atoms with E-state index in [4.69, 9.17) is 27.9 Å². The van der Waals surface area contributed by atoms with Gasteiger partial charge in [0.25, 0.3) is 0 Å². The van der Waals surface area contributed by atoms with E-state index in [-0.39, 0.29) is 11.4 Å². The van der Waals surface area contributed by atoms with E-state index in [2.05, 4.69) is 19.7 Å². The zero-order valence-corrected chi connectivity index (χ0v) is 18.4. The molecule has 0 saturated carbocycles. The highest BCUT2D eigenvalue weighted by molar-refractivity contribution is 6.45. The summed E-state index contributed by atoms with van der Waals surface area (Å²) in [5.74, 6) is 0.144. The molecule has 1 fully saturated rings. The third-order valence-corrected chi connectivity index (χ3v) is 7.26. The molecule has 5 rings (SSSR count). The molecule has 30 heavy (non-hydrogen) atoms. The summed E-state index contributed by atoms with van der Waals surface area (Å²) in [6, 6.07) is 3.82. The molecule has 7 nitrogen and oxygen atoms in total. The molecular formula is C21H23Cl2N5O2. The maximum atomic E-state index is 13.2. The van der Waals surface area contributed by atoms with Gasteiger partial charge in [0.2, 0.25) is 5.91 Å². The number of carbonyl (C=O) groups is 1. The highest BCUT2D eigenvalue weighted by atomic mass is 35.5. The summed E-state index contributed by atoms with van der Waals surface area (Å²) in [7, 11) is 4.01. The summed E-state index contributed by atoms with van der Waals surface area (Å²) in [6.45, 7) is 3.00. The van der Waals surface area contributed by atoms with Gasteiger partial charge in [0.05, 0.1) is 47.1 Å². The fourth-order valence-corrected chi connectivity index (χ4v) is 4.91. The average Bonchev–Trinajstić information content (AvgIpc) is 3.32. The largest absolute Gasteiger partial charge is 0.377 e. The first kappa shape index (κ1) is 19.9. The molecule has 1 aromatic carbocycles. The molecule has 0 bridgehead atoms. The first-order valence-electron chi connectivity index (χ1n) is 9.92. The molecule has 2 aliphatic heterocycles. The number of hydrogen-bond acceptors (Lipinski definition) is 4. The Bertz CT molecular complexity index is 1120. The van der Waals surface area contributed by atoms with Gasteiger partial charge in [-0.25, -0.2) is 0 Å². The summed E-state index contributed by atoms with van der Waals surface area (Å²) >= 11 is 12.9. The van der Waals surface area contributed by atoms with Crippen molar-refractivity contribution in [3.05, 3.63) is 40.3 Å². The second-order valence-electron chi connectivity index (χ2n) is 8.32. The topological polar surface area (TPSA) is 66.4 Å². The van der Waals surface area contributed by atoms with Crippen LogP contribution in [0, 0.1) is 0 Å². The highest BCUT2D eigenvalue weighted by Gasteiger charge is 2.44. The van der Waals surface area contributed by atoms with Crippen molar-refractivity contribution >= 4 is 40.0 Å². The van der Waals surface area contributed by atoms with Crippen molar-refractivity contribution in [1.82, 2.24) is 24.6 Å². The Labute approximate surface area is 184 Å². The van der Waals surface area contributed by atoms with Crippen LogP contribution in [0.2, 0.25) is 10.0 Å². The molecule has 0 atom stereocenters. The molecule has 2 aliphatic rings. The Morgan fingerprint density at radius 3 is 2.73 bits per heavy atom. The lowest BCUT2D eigenvalue weighted by Crippen LogP contribution is -2.61. The van der Waals surface area contributed by atoms with Gasteiger partial charge in [0.15, 0.2) is 0 Å². The van der Waals surface area contributed by atoms with Gasteiger partial charge in [-0.15, -0.1) is 0 Å². The number of rotatable bonds is 4. The number of aromatic amines is 1. The lowest BCUT2D eigenvalue weighted by Gasteiger charge is -2.47. The Kier molecular flexibility index (Phi) is 4.82. The van der Waals surface area contributed by atoms with Crippen molar-refractivity contribution < 1.29 is 9.53 Å². The molecular weight excluding hydrogens is 425 g/mol. The van der Waals surface area contributed by atoms with Gasteiger partial charge in [0, 0.05) is 47.9 Å². The lowest BCUT2D eigenvalue weighted by molar-refractivity contribution is -0.155. The number of carbonyl (C=O) groups excluding carboxylic acids is 1. The van der Waals surface area contributed by atoms with E-state index in [1.807, 2.05) is 37.3 Å². The molecule has 0 radical (unpaired) electrons. The Hall–Kier alpha value is -2.06. The van der Waals surface area contributed by atoms with E-state index in [1.165, 1.54) is 0 Å². The summed E-state index contributed by atoms with van der Waals surface area (Å²) in [5.41, 5.74) is 3.78. The van der Waals surface area contributed by atoms with Crippen molar-refractivity contribution in [2.24, 2.45) is 0 Å². The van der Waals surface area contributed by atoms with Crippen LogP contribution >= 0.6 is 23.2 Å². The Morgan fingerprint density at radius 1 is 1.30 bits per heavy atom. The standard InChI is InChI=1S/C21H23Cl2N5O2/c1-26(2)21(11-30-12-21)7-17(29)27-5-6-28-16(10-27)18(13-8-24-25-9-13)14-3-4-15(22)19(23)20(14)28/h3-4,8-9H,5-7,10-12H2,1-2H3,(H,24,25). The predicted molar refractivity (Wildman–Crippen MR) is 117 cm³/mol. The Balaban J connectivity index is 1.55. The number of likely N-dealkylation sites (N-methyl/N-ethyl adjacent to an activating group) is 1. The molecule has 3 aromatic rings. The molecule has 2 aromatic heterocycles. The fraction of sp³-hybridized carbons (Fsp3) is 0.429. The van der Waals surface area contributed by atoms with E-state index in [1.54, 1.807) is 6.20 Å². The minimum Gasteiger partial charge on any atom is -0.377 e. The zero-order chi connectivity index (χ0) is 21.0. The number of ether oxygens (including phenoxy) is 1. The van der Waals surface area contributed by atoms with Crippen LogP contribution in [0.4, 0.5) is 0 Å². The van der Waals surface area contributed by atoms with Gasteiger partial charge in [-0.2, -0.15) is 5.10 Å². The monoisotopic (exact) mass is 447 g/mol. The van der Waals surface area contributed by atoms with Crippen LogP contribution in [0.1, 0.15) is 12.1 Å². The first-order valence-corrected chi connectivity index (χ1v) is 10.7. The molecule has 4 heterocycles. The highest BCUT2D eigenvalue weighted by Crippen LogP contribution is 2.42. The minimum absolute atomic E-state index is 0.144. The number of benzene rings is 1. The van der Waals surface area contributed by atoms with Crippen LogP contribution in [0.25, 0.3) is 22.0 Å². The number of fused-ring (bicyclic) bond motifs is 3. The third-order valence-electron chi connectivity index (χ3n) is 6.47.